The lowest BCUT2D eigenvalue weighted by Crippen LogP contribution is -3.11. The minimum absolute atomic E-state index is 0.199. The standard InChI is InChI=1S/C7H15N3O2S2/c1-10(2)5(3-13-6(8)11)4-14-7(9)12/h5H,3-4H2,1-2H3,(H2,8,11)(H2,9,12)/p+1. The van der Waals surface area contributed by atoms with Crippen LogP contribution >= 0.6 is 23.5 Å². The highest BCUT2D eigenvalue weighted by Crippen LogP contribution is 2.06. The van der Waals surface area contributed by atoms with Gasteiger partial charge in [0.1, 0.15) is 6.04 Å². The van der Waals surface area contributed by atoms with Crippen molar-refractivity contribution in [2.75, 3.05) is 25.6 Å². The van der Waals surface area contributed by atoms with Gasteiger partial charge in [0.05, 0.1) is 25.6 Å². The Morgan fingerprint density at radius 1 is 1.14 bits per heavy atom. The Labute approximate surface area is 91.9 Å². The summed E-state index contributed by atoms with van der Waals surface area (Å²) in [6.45, 7) is 0. The smallest absolute Gasteiger partial charge is 0.276 e. The number of quaternary nitrogens is 1. The first-order valence-electron chi connectivity index (χ1n) is 4.08. The molecule has 0 aliphatic heterocycles. The number of thioether (sulfide) groups is 2. The maximum Gasteiger partial charge on any atom is 0.276 e. The van der Waals surface area contributed by atoms with E-state index in [0.717, 1.165) is 23.5 Å². The van der Waals surface area contributed by atoms with Gasteiger partial charge in [0.15, 0.2) is 0 Å². The zero-order valence-corrected chi connectivity index (χ0v) is 9.91. The normalized spacial score (nSPS) is 10.9. The van der Waals surface area contributed by atoms with Crippen molar-refractivity contribution in [3.63, 3.8) is 0 Å². The molecule has 0 atom stereocenters. The van der Waals surface area contributed by atoms with E-state index in [-0.39, 0.29) is 16.5 Å². The minimum atomic E-state index is -0.389. The number of rotatable bonds is 5. The Hall–Kier alpha value is -0.400. The molecule has 0 aromatic rings. The summed E-state index contributed by atoms with van der Waals surface area (Å²) in [4.78, 5) is 22.3. The molecule has 0 aliphatic rings. The summed E-state index contributed by atoms with van der Waals surface area (Å²) < 4.78 is 0. The van der Waals surface area contributed by atoms with Gasteiger partial charge in [-0.15, -0.1) is 0 Å². The van der Waals surface area contributed by atoms with Crippen LogP contribution in [0.5, 0.6) is 0 Å². The van der Waals surface area contributed by atoms with Crippen LogP contribution in [0, 0.1) is 0 Å². The first-order valence-corrected chi connectivity index (χ1v) is 6.05. The molecule has 0 bridgehead atoms. The SMILES string of the molecule is C[NH+](C)C(CSC(N)=O)CSC(N)=O. The average molecular weight is 238 g/mol. The molecule has 2 amide bonds. The maximum atomic E-state index is 10.5. The lowest BCUT2D eigenvalue weighted by molar-refractivity contribution is -0.879. The molecule has 14 heavy (non-hydrogen) atoms. The second kappa shape index (κ2) is 6.97. The van der Waals surface area contributed by atoms with E-state index in [1.165, 1.54) is 4.90 Å². The molecular formula is C7H16N3O2S2+. The molecule has 7 heteroatoms. The highest BCUT2D eigenvalue weighted by molar-refractivity contribution is 8.14. The van der Waals surface area contributed by atoms with Crippen LogP contribution in [-0.2, 0) is 0 Å². The summed E-state index contributed by atoms with van der Waals surface area (Å²) in [5.74, 6) is 1.22. The van der Waals surface area contributed by atoms with Gasteiger partial charge >= 0.3 is 0 Å². The summed E-state index contributed by atoms with van der Waals surface area (Å²) >= 11 is 2.14. The Morgan fingerprint density at radius 3 is 1.71 bits per heavy atom. The van der Waals surface area contributed by atoms with Crippen LogP contribution in [0.1, 0.15) is 0 Å². The van der Waals surface area contributed by atoms with Crippen molar-refractivity contribution in [1.82, 2.24) is 0 Å². The summed E-state index contributed by atoms with van der Waals surface area (Å²) in [5, 5.41) is -0.777. The van der Waals surface area contributed by atoms with E-state index in [0.29, 0.717) is 11.5 Å². The molecule has 5 N–H and O–H groups in total. The monoisotopic (exact) mass is 238 g/mol. The van der Waals surface area contributed by atoms with Gasteiger partial charge in [-0.2, -0.15) is 0 Å². The van der Waals surface area contributed by atoms with Crippen molar-refractivity contribution in [2.45, 2.75) is 6.04 Å². The predicted octanol–water partition coefficient (Wildman–Crippen LogP) is -0.877. The summed E-state index contributed by atoms with van der Waals surface area (Å²) in [6.07, 6.45) is 0. The Morgan fingerprint density at radius 2 is 1.50 bits per heavy atom. The highest BCUT2D eigenvalue weighted by Gasteiger charge is 2.17. The molecule has 5 nitrogen and oxygen atoms in total. The molecule has 0 radical (unpaired) electrons. The number of carbonyl (C=O) groups excluding carboxylic acids is 2. The number of hydrogen-bond acceptors (Lipinski definition) is 4. The van der Waals surface area contributed by atoms with E-state index in [2.05, 4.69) is 0 Å². The number of primary amides is 2. The first-order chi connectivity index (χ1) is 6.43. The molecular weight excluding hydrogens is 222 g/mol. The minimum Gasteiger partial charge on any atom is -0.361 e. The number of carbonyl (C=O) groups is 2. The van der Waals surface area contributed by atoms with E-state index in [1.807, 2.05) is 14.1 Å². The zero-order valence-electron chi connectivity index (χ0n) is 8.28. The van der Waals surface area contributed by atoms with E-state index >= 15 is 0 Å². The molecule has 0 aromatic carbocycles. The maximum absolute atomic E-state index is 10.5. The van der Waals surface area contributed by atoms with E-state index in [9.17, 15) is 9.59 Å². The Bertz CT molecular complexity index is 193. The van der Waals surface area contributed by atoms with Crippen molar-refractivity contribution in [2.24, 2.45) is 11.5 Å². The number of hydrogen-bond donors (Lipinski definition) is 3. The van der Waals surface area contributed by atoms with Crippen molar-refractivity contribution in [1.29, 1.82) is 0 Å². The van der Waals surface area contributed by atoms with Crippen molar-refractivity contribution < 1.29 is 14.5 Å². The highest BCUT2D eigenvalue weighted by atomic mass is 32.2. The van der Waals surface area contributed by atoms with Crippen molar-refractivity contribution >= 4 is 34.0 Å². The third-order valence-corrected chi connectivity index (χ3v) is 3.38. The number of nitrogens with one attached hydrogen (secondary N) is 1. The van der Waals surface area contributed by atoms with E-state index < -0.39 is 0 Å². The molecule has 0 spiro atoms. The second-order valence-corrected chi connectivity index (χ2v) is 5.08. The summed E-state index contributed by atoms with van der Waals surface area (Å²) in [7, 11) is 3.93. The van der Waals surface area contributed by atoms with Gasteiger partial charge in [0.2, 0.25) is 0 Å². The van der Waals surface area contributed by atoms with Crippen LogP contribution < -0.4 is 16.4 Å². The van der Waals surface area contributed by atoms with Crippen molar-refractivity contribution in [3.05, 3.63) is 0 Å². The quantitative estimate of drug-likeness (QED) is 0.580. The van der Waals surface area contributed by atoms with Crippen LogP contribution in [-0.4, -0.2) is 42.1 Å². The van der Waals surface area contributed by atoms with Gasteiger partial charge in [-0.1, -0.05) is 23.5 Å². The topological polar surface area (TPSA) is 90.6 Å². The van der Waals surface area contributed by atoms with Gasteiger partial charge in [0.25, 0.3) is 10.5 Å². The van der Waals surface area contributed by atoms with Crippen LogP contribution in [0.15, 0.2) is 0 Å². The van der Waals surface area contributed by atoms with Gasteiger partial charge in [-0.3, -0.25) is 9.59 Å². The van der Waals surface area contributed by atoms with E-state index in [1.54, 1.807) is 0 Å². The van der Waals surface area contributed by atoms with Crippen LogP contribution in [0.2, 0.25) is 0 Å². The van der Waals surface area contributed by atoms with Gasteiger partial charge in [0, 0.05) is 0 Å². The Balaban J connectivity index is 3.89. The predicted molar refractivity (Wildman–Crippen MR) is 60.7 cm³/mol. The molecule has 0 aromatic heterocycles. The van der Waals surface area contributed by atoms with Gasteiger partial charge < -0.3 is 16.4 Å². The molecule has 0 aliphatic carbocycles. The molecule has 0 heterocycles. The van der Waals surface area contributed by atoms with Gasteiger partial charge in [-0.05, 0) is 0 Å². The van der Waals surface area contributed by atoms with Crippen LogP contribution in [0.4, 0.5) is 9.59 Å². The molecule has 0 unspecified atom stereocenters. The average Bonchev–Trinajstić information content (AvgIpc) is 2.02. The van der Waals surface area contributed by atoms with Crippen molar-refractivity contribution in [3.8, 4) is 0 Å². The first kappa shape index (κ1) is 13.6. The largest absolute Gasteiger partial charge is 0.361 e. The molecule has 0 saturated heterocycles. The molecule has 82 valence electrons. The Kier molecular flexibility index (Phi) is 6.77. The third kappa shape index (κ3) is 7.05. The summed E-state index contributed by atoms with van der Waals surface area (Å²) in [5.41, 5.74) is 10.0. The van der Waals surface area contributed by atoms with Crippen LogP contribution in [0.25, 0.3) is 0 Å². The fourth-order valence-corrected chi connectivity index (χ4v) is 2.53. The zero-order chi connectivity index (χ0) is 11.1. The summed E-state index contributed by atoms with van der Waals surface area (Å²) in [6, 6.07) is 0.199. The number of amides is 2. The fraction of sp³-hybridized carbons (Fsp3) is 0.714. The van der Waals surface area contributed by atoms with Crippen LogP contribution in [0.3, 0.4) is 0 Å². The molecule has 0 saturated carbocycles. The number of nitrogens with two attached hydrogens (primary N) is 2. The van der Waals surface area contributed by atoms with Gasteiger partial charge in [-0.25, -0.2) is 0 Å². The second-order valence-electron chi connectivity index (χ2n) is 3.03. The van der Waals surface area contributed by atoms with E-state index in [4.69, 9.17) is 11.5 Å². The fourth-order valence-electron chi connectivity index (χ4n) is 0.747. The lowest BCUT2D eigenvalue weighted by atomic mass is 10.4. The molecule has 0 fully saturated rings. The molecule has 0 rings (SSSR count). The third-order valence-electron chi connectivity index (χ3n) is 1.67. The lowest BCUT2D eigenvalue weighted by Gasteiger charge is -2.19.